The molecule has 142 valence electrons. The zero-order chi connectivity index (χ0) is 17.9. The van der Waals surface area contributed by atoms with Gasteiger partial charge in [-0.15, -0.1) is 0 Å². The number of imidazole rings is 1. The van der Waals surface area contributed by atoms with Crippen molar-refractivity contribution < 1.29 is 0 Å². The van der Waals surface area contributed by atoms with E-state index in [0.29, 0.717) is 0 Å². The van der Waals surface area contributed by atoms with Crippen molar-refractivity contribution in [3.63, 3.8) is 0 Å². The first-order valence-electron chi connectivity index (χ1n) is 10.9. The van der Waals surface area contributed by atoms with E-state index in [4.69, 9.17) is 4.98 Å². The fraction of sp³-hybridized carbons (Fsp3) is 0.696. The second-order valence-electron chi connectivity index (χ2n) is 8.68. The number of nitrogens with zero attached hydrogens (tertiary/aromatic N) is 2. The Morgan fingerprint density at radius 3 is 2.08 bits per heavy atom. The molecular formula is C23H35N2P. The fourth-order valence-electron chi connectivity index (χ4n) is 5.20. The zero-order valence-corrected chi connectivity index (χ0v) is 17.6. The standard InChI is InChI=1S/C23H35N2P/c1-18-15-22-23(16-19(18)2)25(17-24-22)13-14-26(20-9-5-3-6-10-20)21-11-7-4-8-12-21/h15-17,20-21H,3-14H2,1-2H3. The van der Waals surface area contributed by atoms with Crippen molar-refractivity contribution in [3.8, 4) is 0 Å². The molecule has 0 N–H and O–H groups in total. The molecule has 2 aliphatic rings. The molecule has 0 aliphatic heterocycles. The highest BCUT2D eigenvalue weighted by Crippen LogP contribution is 2.55. The molecule has 1 aromatic heterocycles. The molecule has 0 bridgehead atoms. The van der Waals surface area contributed by atoms with E-state index in [2.05, 4.69) is 36.9 Å². The Hall–Kier alpha value is -0.880. The number of rotatable bonds is 5. The SMILES string of the molecule is Cc1cc2ncn(CCP(C3CCCCC3)C3CCCCC3)c2cc1C. The number of aromatic nitrogens is 2. The largest absolute Gasteiger partial charge is 0.330 e. The normalized spacial score (nSPS) is 20.3. The Labute approximate surface area is 160 Å². The predicted octanol–water partition coefficient (Wildman–Crippen LogP) is 6.80. The van der Waals surface area contributed by atoms with Crippen LogP contribution in [-0.4, -0.2) is 27.0 Å². The van der Waals surface area contributed by atoms with Crippen LogP contribution in [0.3, 0.4) is 0 Å². The molecule has 1 heterocycles. The second kappa shape index (κ2) is 8.42. The Bertz CT molecular complexity index is 705. The van der Waals surface area contributed by atoms with Gasteiger partial charge in [-0.3, -0.25) is 0 Å². The number of aryl methyl sites for hydroxylation is 3. The number of hydrogen-bond acceptors (Lipinski definition) is 1. The number of hydrogen-bond donors (Lipinski definition) is 0. The molecule has 2 saturated carbocycles. The third-order valence-electron chi connectivity index (χ3n) is 6.92. The van der Waals surface area contributed by atoms with Crippen molar-refractivity contribution in [2.75, 3.05) is 6.16 Å². The van der Waals surface area contributed by atoms with Gasteiger partial charge in [-0.25, -0.2) is 4.98 Å². The first-order valence-corrected chi connectivity index (χ1v) is 12.6. The van der Waals surface area contributed by atoms with Gasteiger partial charge in [0, 0.05) is 6.54 Å². The summed E-state index contributed by atoms with van der Waals surface area (Å²) >= 11 is 0. The third-order valence-corrected chi connectivity index (χ3v) is 10.5. The van der Waals surface area contributed by atoms with Gasteiger partial charge in [0.15, 0.2) is 0 Å². The van der Waals surface area contributed by atoms with E-state index >= 15 is 0 Å². The van der Waals surface area contributed by atoms with Gasteiger partial charge in [0.05, 0.1) is 17.4 Å². The molecule has 2 fully saturated rings. The average molecular weight is 371 g/mol. The Morgan fingerprint density at radius 2 is 1.46 bits per heavy atom. The van der Waals surface area contributed by atoms with Gasteiger partial charge in [0.1, 0.15) is 0 Å². The van der Waals surface area contributed by atoms with E-state index in [9.17, 15) is 0 Å². The van der Waals surface area contributed by atoms with E-state index in [1.165, 1.54) is 99.1 Å². The van der Waals surface area contributed by atoms with Crippen LogP contribution in [0.1, 0.15) is 75.3 Å². The van der Waals surface area contributed by atoms with E-state index < -0.39 is 0 Å². The lowest BCUT2D eigenvalue weighted by Gasteiger charge is -2.38. The van der Waals surface area contributed by atoms with Gasteiger partial charge in [0.25, 0.3) is 0 Å². The summed E-state index contributed by atoms with van der Waals surface area (Å²) in [7, 11) is 0.180. The van der Waals surface area contributed by atoms with Gasteiger partial charge >= 0.3 is 0 Å². The van der Waals surface area contributed by atoms with Crippen LogP contribution in [0.15, 0.2) is 18.5 Å². The highest BCUT2D eigenvalue weighted by Gasteiger charge is 2.30. The predicted molar refractivity (Wildman–Crippen MR) is 115 cm³/mol. The number of fused-ring (bicyclic) bond motifs is 1. The van der Waals surface area contributed by atoms with Gasteiger partial charge < -0.3 is 4.57 Å². The maximum Gasteiger partial charge on any atom is 0.0958 e. The first kappa shape index (κ1) is 18.5. The maximum atomic E-state index is 4.69. The van der Waals surface area contributed by atoms with Crippen molar-refractivity contribution in [2.24, 2.45) is 0 Å². The monoisotopic (exact) mass is 370 g/mol. The van der Waals surface area contributed by atoms with Crippen LogP contribution >= 0.6 is 7.92 Å². The molecule has 26 heavy (non-hydrogen) atoms. The number of benzene rings is 1. The van der Waals surface area contributed by atoms with Crippen molar-refractivity contribution in [1.82, 2.24) is 9.55 Å². The van der Waals surface area contributed by atoms with E-state index in [-0.39, 0.29) is 7.92 Å². The minimum absolute atomic E-state index is 0.180. The summed E-state index contributed by atoms with van der Waals surface area (Å²) in [5.74, 6) is 0. The van der Waals surface area contributed by atoms with Crippen molar-refractivity contribution in [2.45, 2.75) is 95.9 Å². The molecule has 1 aromatic carbocycles. The minimum atomic E-state index is 0.180. The van der Waals surface area contributed by atoms with E-state index in [1.54, 1.807) is 0 Å². The van der Waals surface area contributed by atoms with Crippen LogP contribution in [0, 0.1) is 13.8 Å². The summed E-state index contributed by atoms with van der Waals surface area (Å²) in [6.45, 7) is 5.60. The summed E-state index contributed by atoms with van der Waals surface area (Å²) in [6.07, 6.45) is 18.5. The quantitative estimate of drug-likeness (QED) is 0.529. The zero-order valence-electron chi connectivity index (χ0n) is 16.7. The van der Waals surface area contributed by atoms with Crippen LogP contribution in [0.5, 0.6) is 0 Å². The lowest BCUT2D eigenvalue weighted by atomic mass is 9.99. The van der Waals surface area contributed by atoms with Crippen LogP contribution in [-0.2, 0) is 6.54 Å². The maximum absolute atomic E-state index is 4.69. The molecule has 0 atom stereocenters. The van der Waals surface area contributed by atoms with Gasteiger partial charge in [-0.2, -0.15) is 0 Å². The van der Waals surface area contributed by atoms with Gasteiger partial charge in [0.2, 0.25) is 0 Å². The average Bonchev–Trinajstić information content (AvgIpc) is 3.06. The summed E-state index contributed by atoms with van der Waals surface area (Å²) < 4.78 is 2.45. The Morgan fingerprint density at radius 1 is 0.885 bits per heavy atom. The summed E-state index contributed by atoms with van der Waals surface area (Å²) in [5.41, 5.74) is 7.37. The molecule has 0 saturated heterocycles. The van der Waals surface area contributed by atoms with Crippen LogP contribution in [0.2, 0.25) is 0 Å². The minimum Gasteiger partial charge on any atom is -0.330 e. The molecule has 0 spiro atoms. The topological polar surface area (TPSA) is 17.8 Å². The molecule has 0 unspecified atom stereocenters. The highest BCUT2D eigenvalue weighted by atomic mass is 31.1. The van der Waals surface area contributed by atoms with E-state index in [1.807, 2.05) is 0 Å². The molecule has 3 heteroatoms. The smallest absolute Gasteiger partial charge is 0.0958 e. The molecule has 4 rings (SSSR count). The van der Waals surface area contributed by atoms with E-state index in [0.717, 1.165) is 11.3 Å². The van der Waals surface area contributed by atoms with Gasteiger partial charge in [-0.05, 0) is 80.3 Å². The van der Waals surface area contributed by atoms with Crippen LogP contribution < -0.4 is 0 Å². The molecule has 2 nitrogen and oxygen atoms in total. The molecule has 2 aliphatic carbocycles. The van der Waals surface area contributed by atoms with Gasteiger partial charge in [-0.1, -0.05) is 46.4 Å². The molecule has 0 radical (unpaired) electrons. The third kappa shape index (κ3) is 4.01. The Kier molecular flexibility index (Phi) is 5.99. The summed E-state index contributed by atoms with van der Waals surface area (Å²) in [5, 5.41) is 0. The fourth-order valence-corrected chi connectivity index (χ4v) is 9.03. The summed E-state index contributed by atoms with van der Waals surface area (Å²) in [4.78, 5) is 4.69. The van der Waals surface area contributed by atoms with Crippen molar-refractivity contribution >= 4 is 19.0 Å². The lowest BCUT2D eigenvalue weighted by Crippen LogP contribution is -2.23. The molecule has 0 amide bonds. The Balaban J connectivity index is 1.51. The second-order valence-corrected chi connectivity index (χ2v) is 11.6. The lowest BCUT2D eigenvalue weighted by molar-refractivity contribution is 0.483. The first-order chi connectivity index (χ1) is 12.7. The van der Waals surface area contributed by atoms with Crippen molar-refractivity contribution in [1.29, 1.82) is 0 Å². The molecule has 2 aromatic rings. The van der Waals surface area contributed by atoms with Crippen LogP contribution in [0.4, 0.5) is 0 Å². The summed E-state index contributed by atoms with van der Waals surface area (Å²) in [6, 6.07) is 4.60. The highest BCUT2D eigenvalue weighted by molar-refractivity contribution is 7.59. The molecular weight excluding hydrogens is 335 g/mol. The van der Waals surface area contributed by atoms with Crippen molar-refractivity contribution in [3.05, 3.63) is 29.6 Å². The van der Waals surface area contributed by atoms with Crippen LogP contribution in [0.25, 0.3) is 11.0 Å².